The molecular formula is C14H12FNS. The normalized spacial score (nSPS) is 12.4. The summed E-state index contributed by atoms with van der Waals surface area (Å²) < 4.78 is 13.2. The van der Waals surface area contributed by atoms with Crippen LogP contribution in [0.5, 0.6) is 0 Å². The van der Waals surface area contributed by atoms with E-state index in [2.05, 4.69) is 6.07 Å². The van der Waals surface area contributed by atoms with E-state index in [4.69, 9.17) is 5.73 Å². The molecule has 0 aromatic heterocycles. The molecule has 3 rings (SSSR count). The number of fused-ring (bicyclic) bond motifs is 3. The van der Waals surface area contributed by atoms with E-state index in [-0.39, 0.29) is 5.82 Å². The molecule has 2 aromatic rings. The maximum absolute atomic E-state index is 13.2. The number of rotatable bonds is 1. The van der Waals surface area contributed by atoms with E-state index < -0.39 is 0 Å². The topological polar surface area (TPSA) is 26.0 Å². The fraction of sp³-hybridized carbons (Fsp3) is 0.143. The van der Waals surface area contributed by atoms with Crippen molar-refractivity contribution in [2.24, 2.45) is 0 Å². The van der Waals surface area contributed by atoms with Crippen molar-refractivity contribution >= 4 is 17.4 Å². The first-order chi connectivity index (χ1) is 8.19. The molecule has 0 saturated heterocycles. The summed E-state index contributed by atoms with van der Waals surface area (Å²) in [6.45, 7) is 0. The Morgan fingerprint density at radius 2 is 1.88 bits per heavy atom. The molecule has 0 fully saturated rings. The smallest absolute Gasteiger partial charge is 0.123 e. The molecule has 1 aliphatic rings. The Morgan fingerprint density at radius 1 is 1.12 bits per heavy atom. The number of benzene rings is 2. The molecule has 1 nitrogen and oxygen atoms in total. The summed E-state index contributed by atoms with van der Waals surface area (Å²) in [7, 11) is 0. The Hall–Kier alpha value is -1.48. The summed E-state index contributed by atoms with van der Waals surface area (Å²) in [5, 5.41) is 0. The van der Waals surface area contributed by atoms with Crippen LogP contribution in [0.4, 0.5) is 10.1 Å². The molecular weight excluding hydrogens is 233 g/mol. The third-order valence-corrected chi connectivity index (χ3v) is 3.99. The molecule has 0 bridgehead atoms. The average molecular weight is 245 g/mol. The minimum atomic E-state index is -0.172. The zero-order chi connectivity index (χ0) is 12.0. The van der Waals surface area contributed by atoms with E-state index in [1.54, 1.807) is 17.8 Å². The summed E-state index contributed by atoms with van der Waals surface area (Å²) in [6, 6.07) is 9.11. The summed E-state index contributed by atoms with van der Waals surface area (Å²) >= 11 is 1.64. The van der Waals surface area contributed by atoms with Gasteiger partial charge in [0.25, 0.3) is 0 Å². The molecule has 0 unspecified atom stereocenters. The van der Waals surface area contributed by atoms with Gasteiger partial charge in [0.1, 0.15) is 5.82 Å². The van der Waals surface area contributed by atoms with Gasteiger partial charge in [-0.2, -0.15) is 0 Å². The molecule has 0 saturated carbocycles. The van der Waals surface area contributed by atoms with Crippen LogP contribution in [0.3, 0.4) is 0 Å². The molecule has 0 aliphatic heterocycles. The fourth-order valence-corrected chi connectivity index (χ4v) is 2.92. The highest BCUT2D eigenvalue weighted by molar-refractivity contribution is 7.98. The van der Waals surface area contributed by atoms with Gasteiger partial charge in [0.2, 0.25) is 0 Å². The highest BCUT2D eigenvalue weighted by atomic mass is 32.2. The zero-order valence-corrected chi connectivity index (χ0v) is 10.3. The van der Waals surface area contributed by atoms with Crippen LogP contribution in [0.2, 0.25) is 0 Å². The molecule has 3 heteroatoms. The predicted molar refractivity (Wildman–Crippen MR) is 70.8 cm³/mol. The first-order valence-electron chi connectivity index (χ1n) is 5.44. The molecule has 86 valence electrons. The van der Waals surface area contributed by atoms with Crippen LogP contribution < -0.4 is 5.73 Å². The number of anilines is 1. The van der Waals surface area contributed by atoms with Crippen LogP contribution in [0.1, 0.15) is 11.1 Å². The first kappa shape index (κ1) is 10.7. The minimum Gasteiger partial charge on any atom is -0.398 e. The van der Waals surface area contributed by atoms with E-state index in [0.717, 1.165) is 28.1 Å². The minimum absolute atomic E-state index is 0.172. The van der Waals surface area contributed by atoms with Crippen molar-refractivity contribution < 1.29 is 4.39 Å². The Kier molecular flexibility index (Phi) is 2.37. The number of hydrogen-bond donors (Lipinski definition) is 1. The van der Waals surface area contributed by atoms with Crippen LogP contribution in [-0.4, -0.2) is 6.26 Å². The number of nitrogens with two attached hydrogens (primary N) is 1. The van der Waals surface area contributed by atoms with Crippen LogP contribution >= 0.6 is 11.8 Å². The molecule has 1 aliphatic carbocycles. The highest BCUT2D eigenvalue weighted by Gasteiger charge is 2.20. The van der Waals surface area contributed by atoms with Gasteiger partial charge in [0.05, 0.1) is 0 Å². The SMILES string of the molecule is CSc1cc2c(cc1N)Cc1cc(F)ccc1-2. The van der Waals surface area contributed by atoms with E-state index in [1.807, 2.05) is 18.4 Å². The predicted octanol–water partition coefficient (Wildman–Crippen LogP) is 3.70. The van der Waals surface area contributed by atoms with E-state index in [9.17, 15) is 4.39 Å². The van der Waals surface area contributed by atoms with Crippen molar-refractivity contribution in [2.75, 3.05) is 12.0 Å². The second-order valence-corrected chi connectivity index (χ2v) is 5.08. The summed E-state index contributed by atoms with van der Waals surface area (Å²) in [5.74, 6) is -0.172. The molecule has 0 radical (unpaired) electrons. The van der Waals surface area contributed by atoms with Gasteiger partial charge >= 0.3 is 0 Å². The van der Waals surface area contributed by atoms with E-state index >= 15 is 0 Å². The van der Waals surface area contributed by atoms with E-state index in [1.165, 1.54) is 17.2 Å². The lowest BCUT2D eigenvalue weighted by Gasteiger charge is -2.07. The number of nitrogen functional groups attached to an aromatic ring is 1. The summed E-state index contributed by atoms with van der Waals surface area (Å²) in [5.41, 5.74) is 11.4. The molecule has 0 heterocycles. The van der Waals surface area contributed by atoms with Gasteiger partial charge in [-0.15, -0.1) is 11.8 Å². The zero-order valence-electron chi connectivity index (χ0n) is 9.46. The Balaban J connectivity index is 2.21. The molecule has 2 N–H and O–H groups in total. The van der Waals surface area contributed by atoms with Crippen LogP contribution in [0.15, 0.2) is 35.2 Å². The molecule has 17 heavy (non-hydrogen) atoms. The number of halogens is 1. The molecule has 2 aromatic carbocycles. The quantitative estimate of drug-likeness (QED) is 0.522. The van der Waals surface area contributed by atoms with Crippen molar-refractivity contribution in [3.63, 3.8) is 0 Å². The van der Waals surface area contributed by atoms with Gasteiger partial charge in [-0.25, -0.2) is 4.39 Å². The van der Waals surface area contributed by atoms with Gasteiger partial charge in [-0.05, 0) is 59.2 Å². The first-order valence-corrected chi connectivity index (χ1v) is 6.66. The largest absolute Gasteiger partial charge is 0.398 e. The molecule has 0 atom stereocenters. The van der Waals surface area contributed by atoms with Gasteiger partial charge < -0.3 is 5.73 Å². The Morgan fingerprint density at radius 3 is 2.65 bits per heavy atom. The lowest BCUT2D eigenvalue weighted by atomic mass is 10.1. The second-order valence-electron chi connectivity index (χ2n) is 4.23. The third-order valence-electron chi connectivity index (χ3n) is 3.19. The van der Waals surface area contributed by atoms with Gasteiger partial charge in [-0.1, -0.05) is 6.07 Å². The van der Waals surface area contributed by atoms with Crippen LogP contribution in [0, 0.1) is 5.82 Å². The van der Waals surface area contributed by atoms with Crippen molar-refractivity contribution in [2.45, 2.75) is 11.3 Å². The summed E-state index contributed by atoms with van der Waals surface area (Å²) in [4.78, 5) is 1.08. The van der Waals surface area contributed by atoms with Crippen molar-refractivity contribution in [1.29, 1.82) is 0 Å². The third kappa shape index (κ3) is 1.62. The summed E-state index contributed by atoms with van der Waals surface area (Å²) in [6.07, 6.45) is 2.79. The van der Waals surface area contributed by atoms with E-state index in [0.29, 0.717) is 0 Å². The van der Waals surface area contributed by atoms with Gasteiger partial charge in [-0.3, -0.25) is 0 Å². The average Bonchev–Trinajstić information content (AvgIpc) is 2.63. The van der Waals surface area contributed by atoms with Gasteiger partial charge in [0.15, 0.2) is 0 Å². The lowest BCUT2D eigenvalue weighted by Crippen LogP contribution is -1.91. The Labute approximate surface area is 104 Å². The lowest BCUT2D eigenvalue weighted by molar-refractivity contribution is 0.626. The Bertz CT molecular complexity index is 607. The standard InChI is InChI=1S/C14H12FNS/c1-17-14-7-12-9(6-13(14)16)4-8-5-10(15)2-3-11(8)12/h2-3,5-7H,4,16H2,1H3. The van der Waals surface area contributed by atoms with Crippen LogP contribution in [-0.2, 0) is 6.42 Å². The van der Waals surface area contributed by atoms with Crippen molar-refractivity contribution in [1.82, 2.24) is 0 Å². The second kappa shape index (κ2) is 3.77. The molecule has 0 spiro atoms. The van der Waals surface area contributed by atoms with Crippen LogP contribution in [0.25, 0.3) is 11.1 Å². The van der Waals surface area contributed by atoms with Crippen molar-refractivity contribution in [3.05, 3.63) is 47.3 Å². The maximum Gasteiger partial charge on any atom is 0.123 e. The van der Waals surface area contributed by atoms with Crippen molar-refractivity contribution in [3.8, 4) is 11.1 Å². The number of hydrogen-bond acceptors (Lipinski definition) is 2. The maximum atomic E-state index is 13.2. The highest BCUT2D eigenvalue weighted by Crippen LogP contribution is 2.40. The van der Waals surface area contributed by atoms with Gasteiger partial charge in [0, 0.05) is 10.6 Å². The fourth-order valence-electron chi connectivity index (χ4n) is 2.39. The monoisotopic (exact) mass is 245 g/mol. The molecule has 0 amide bonds. The number of thioether (sulfide) groups is 1.